The summed E-state index contributed by atoms with van der Waals surface area (Å²) < 4.78 is 36.4. The molecule has 2 aliphatic rings. The number of nitrogens with one attached hydrogen (secondary N) is 1. The molecule has 3 rings (SSSR count). The molecule has 7 heteroatoms. The first-order valence-electron chi connectivity index (χ1n) is 6.97. The Hall–Kier alpha value is -1.47. The van der Waals surface area contributed by atoms with Crippen LogP contribution in [0, 0.1) is 5.82 Å². The first kappa shape index (κ1) is 14.5. The number of nitrogens with zero attached hydrogens (tertiary/aromatic N) is 1. The molecule has 1 atom stereocenters. The second-order valence-corrected chi connectivity index (χ2v) is 7.83. The van der Waals surface area contributed by atoms with Gasteiger partial charge in [0.05, 0.1) is 18.1 Å². The Morgan fingerprint density at radius 3 is 2.62 bits per heavy atom. The number of rotatable bonds is 2. The third kappa shape index (κ3) is 2.94. The molecule has 1 aromatic rings. The van der Waals surface area contributed by atoms with Crippen LogP contribution in [0.15, 0.2) is 24.3 Å². The van der Waals surface area contributed by atoms with Crippen molar-refractivity contribution in [2.75, 3.05) is 18.1 Å². The van der Waals surface area contributed by atoms with Crippen molar-refractivity contribution in [3.63, 3.8) is 0 Å². The van der Waals surface area contributed by atoms with E-state index in [1.165, 1.54) is 12.1 Å². The van der Waals surface area contributed by atoms with Crippen LogP contribution in [0.4, 0.5) is 4.39 Å². The van der Waals surface area contributed by atoms with Crippen LogP contribution >= 0.6 is 0 Å². The Balaban J connectivity index is 1.83. The summed E-state index contributed by atoms with van der Waals surface area (Å²) in [6.45, 7) is 0.199. The fraction of sp³-hybridized carbons (Fsp3) is 0.500. The quantitative estimate of drug-likeness (QED) is 0.878. The fourth-order valence-electron chi connectivity index (χ4n) is 3.04. The van der Waals surface area contributed by atoms with E-state index in [1.807, 2.05) is 0 Å². The minimum atomic E-state index is -2.97. The topological polar surface area (TPSA) is 66.5 Å². The molecule has 1 aromatic carbocycles. The number of hydrogen-bond acceptors (Lipinski definition) is 4. The number of sulfone groups is 1. The standard InChI is InChI=1S/C14H17FN2O3S/c15-11-3-1-2-10(8-11)14-16-9-13(18)17(14)12-4-6-21(19,20)7-5-12/h1-3,8,12,14,16H,4-7,9H2. The Bertz CT molecular complexity index is 648. The lowest BCUT2D eigenvalue weighted by molar-refractivity contribution is -0.130. The molecular weight excluding hydrogens is 295 g/mol. The minimum absolute atomic E-state index is 0.0615. The SMILES string of the molecule is O=C1CNC(c2cccc(F)c2)N1C1CCS(=O)(=O)CC1. The van der Waals surface area contributed by atoms with E-state index in [1.54, 1.807) is 17.0 Å². The number of benzene rings is 1. The van der Waals surface area contributed by atoms with E-state index in [2.05, 4.69) is 5.32 Å². The van der Waals surface area contributed by atoms with Crippen LogP contribution in [0.1, 0.15) is 24.6 Å². The van der Waals surface area contributed by atoms with Gasteiger partial charge in [0.25, 0.3) is 0 Å². The van der Waals surface area contributed by atoms with Crippen LogP contribution in [0.25, 0.3) is 0 Å². The molecule has 0 spiro atoms. The summed E-state index contributed by atoms with van der Waals surface area (Å²) in [6, 6.07) is 6.04. The normalized spacial score (nSPS) is 26.2. The number of carbonyl (C=O) groups excluding carboxylic acids is 1. The smallest absolute Gasteiger partial charge is 0.238 e. The molecule has 0 aliphatic carbocycles. The van der Waals surface area contributed by atoms with Gasteiger partial charge >= 0.3 is 0 Å². The molecule has 114 valence electrons. The third-order valence-corrected chi connectivity index (χ3v) is 5.81. The van der Waals surface area contributed by atoms with Crippen molar-refractivity contribution in [3.05, 3.63) is 35.6 Å². The summed E-state index contributed by atoms with van der Waals surface area (Å²) in [4.78, 5) is 13.8. The minimum Gasteiger partial charge on any atom is -0.319 e. The molecule has 2 saturated heterocycles. The Labute approximate surface area is 123 Å². The molecule has 21 heavy (non-hydrogen) atoms. The van der Waals surface area contributed by atoms with Crippen molar-refractivity contribution in [2.45, 2.75) is 25.0 Å². The maximum Gasteiger partial charge on any atom is 0.238 e. The monoisotopic (exact) mass is 312 g/mol. The molecule has 5 nitrogen and oxygen atoms in total. The van der Waals surface area contributed by atoms with Crippen LogP contribution in [0.2, 0.25) is 0 Å². The van der Waals surface area contributed by atoms with E-state index in [4.69, 9.17) is 0 Å². The summed E-state index contributed by atoms with van der Waals surface area (Å²) in [5.74, 6) is -0.192. The summed E-state index contributed by atoms with van der Waals surface area (Å²) >= 11 is 0. The zero-order valence-electron chi connectivity index (χ0n) is 11.5. The van der Waals surface area contributed by atoms with Crippen LogP contribution in [0.3, 0.4) is 0 Å². The highest BCUT2D eigenvalue weighted by Crippen LogP contribution is 2.30. The molecule has 2 heterocycles. The van der Waals surface area contributed by atoms with E-state index in [0.717, 1.165) is 0 Å². The molecule has 1 amide bonds. The summed E-state index contributed by atoms with van der Waals surface area (Å²) in [6.07, 6.45) is 0.516. The van der Waals surface area contributed by atoms with Crippen molar-refractivity contribution in [3.8, 4) is 0 Å². The van der Waals surface area contributed by atoms with Crippen molar-refractivity contribution in [2.24, 2.45) is 0 Å². The number of halogens is 1. The highest BCUT2D eigenvalue weighted by molar-refractivity contribution is 7.91. The van der Waals surface area contributed by atoms with Crippen molar-refractivity contribution in [1.82, 2.24) is 10.2 Å². The Kier molecular flexibility index (Phi) is 3.71. The fourth-order valence-corrected chi connectivity index (χ4v) is 4.51. The lowest BCUT2D eigenvalue weighted by atomic mass is 10.1. The zero-order chi connectivity index (χ0) is 15.0. The van der Waals surface area contributed by atoms with Gasteiger partial charge in [-0.25, -0.2) is 12.8 Å². The van der Waals surface area contributed by atoms with Gasteiger partial charge in [-0.05, 0) is 30.5 Å². The van der Waals surface area contributed by atoms with Crippen molar-refractivity contribution < 1.29 is 17.6 Å². The number of hydrogen-bond donors (Lipinski definition) is 1. The van der Waals surface area contributed by atoms with Gasteiger partial charge < -0.3 is 4.90 Å². The van der Waals surface area contributed by atoms with Gasteiger partial charge in [0, 0.05) is 6.04 Å². The van der Waals surface area contributed by atoms with E-state index >= 15 is 0 Å². The van der Waals surface area contributed by atoms with Crippen molar-refractivity contribution >= 4 is 15.7 Å². The molecular formula is C14H17FN2O3S. The molecule has 0 bridgehead atoms. The van der Waals surface area contributed by atoms with Gasteiger partial charge in [-0.2, -0.15) is 0 Å². The number of amides is 1. The molecule has 2 fully saturated rings. The van der Waals surface area contributed by atoms with E-state index in [9.17, 15) is 17.6 Å². The van der Waals surface area contributed by atoms with Crippen LogP contribution < -0.4 is 5.32 Å². The first-order chi connectivity index (χ1) is 9.96. The highest BCUT2D eigenvalue weighted by atomic mass is 32.2. The Morgan fingerprint density at radius 2 is 1.95 bits per heavy atom. The Morgan fingerprint density at radius 1 is 1.24 bits per heavy atom. The van der Waals surface area contributed by atoms with Crippen LogP contribution in [-0.2, 0) is 14.6 Å². The molecule has 0 aromatic heterocycles. The average Bonchev–Trinajstić information content (AvgIpc) is 2.81. The lowest BCUT2D eigenvalue weighted by Gasteiger charge is -2.35. The molecule has 1 unspecified atom stereocenters. The lowest BCUT2D eigenvalue weighted by Crippen LogP contribution is -2.44. The first-order valence-corrected chi connectivity index (χ1v) is 8.79. The second-order valence-electron chi connectivity index (χ2n) is 5.52. The molecule has 0 saturated carbocycles. The predicted molar refractivity (Wildman–Crippen MR) is 75.7 cm³/mol. The van der Waals surface area contributed by atoms with Gasteiger partial charge in [-0.15, -0.1) is 0 Å². The predicted octanol–water partition coefficient (Wildman–Crippen LogP) is 0.833. The summed E-state index contributed by atoms with van der Waals surface area (Å²) in [5.41, 5.74) is 0.689. The summed E-state index contributed by atoms with van der Waals surface area (Å²) in [7, 11) is -2.97. The molecule has 2 aliphatic heterocycles. The van der Waals surface area contributed by atoms with Gasteiger partial charge in [0.1, 0.15) is 21.8 Å². The summed E-state index contributed by atoms with van der Waals surface area (Å²) in [5, 5.41) is 3.08. The highest BCUT2D eigenvalue weighted by Gasteiger charge is 2.39. The maximum absolute atomic E-state index is 13.4. The van der Waals surface area contributed by atoms with E-state index in [0.29, 0.717) is 18.4 Å². The van der Waals surface area contributed by atoms with Crippen LogP contribution in [0.5, 0.6) is 0 Å². The largest absolute Gasteiger partial charge is 0.319 e. The van der Waals surface area contributed by atoms with Gasteiger partial charge in [-0.1, -0.05) is 12.1 Å². The van der Waals surface area contributed by atoms with Gasteiger partial charge in [0.2, 0.25) is 5.91 Å². The number of carbonyl (C=O) groups is 1. The molecule has 0 radical (unpaired) electrons. The maximum atomic E-state index is 13.4. The van der Waals surface area contributed by atoms with E-state index < -0.39 is 9.84 Å². The second kappa shape index (κ2) is 5.38. The van der Waals surface area contributed by atoms with Crippen molar-refractivity contribution in [1.29, 1.82) is 0 Å². The van der Waals surface area contributed by atoms with Gasteiger partial charge in [-0.3, -0.25) is 10.1 Å². The molecule has 1 N–H and O–H groups in total. The van der Waals surface area contributed by atoms with Gasteiger partial charge in [0.15, 0.2) is 0 Å². The van der Waals surface area contributed by atoms with Crippen LogP contribution in [-0.4, -0.2) is 43.3 Å². The third-order valence-electron chi connectivity index (χ3n) is 4.09. The van der Waals surface area contributed by atoms with E-state index in [-0.39, 0.29) is 42.0 Å². The zero-order valence-corrected chi connectivity index (χ0v) is 12.3. The average molecular weight is 312 g/mol.